The molecule has 18 heteroatoms. The topological polar surface area (TPSA) is 30.9 Å². The van der Waals surface area contributed by atoms with E-state index in [1.54, 1.807) is 121 Å². The summed E-state index contributed by atoms with van der Waals surface area (Å²) in [7, 11) is 7.35. The monoisotopic (exact) mass is 2000 g/mol. The standard InChI is InChI=1S/C21H28FNO.2C18H21FO.2C17H17ClF2.C17H17F3.C17H18F2/c1-15-12-17(14-19(20(15)22)21(2,3)4)16-8-7-9-18(13-16)24-11-10-23(5)6;1-12-9-14(11-16(17(12)19)18(2,3)4)13-7-6-8-15(10-13)20-5;1-12-10-13(11-15(17(12)19)18(2,3)4)14-8-6-7-9-16(14)20-5;1-10-8-11(9-13(16(10)20)17(2,3)4)12-6-5-7-14(19)15(12)18;2*1-10-8-11(9-13(15(10)19)17(2,3)4)12-6-5-7-14(18)16(12)20;1-11-9-13(12-5-7-14(18)8-6-12)10-15(16(11)19)17(2,3)4/h7-9,12-14H,10-11H2,1-6H3;2*6-11H,1-5H3;3*5-9H,1-4H3;5-10H,1-4H3. The number of hydrogen-bond donors (Lipinski definition) is 0. The van der Waals surface area contributed by atoms with Gasteiger partial charge in [0.05, 0.1) is 24.3 Å². The Morgan fingerprint density at radius 1 is 0.245 bits per heavy atom. The summed E-state index contributed by atoms with van der Waals surface area (Å²) < 4.78 is 184. The molecule has 760 valence electrons. The predicted octanol–water partition coefficient (Wildman–Crippen LogP) is 37.7. The molecular weight excluding hydrogens is 1860 g/mol. The van der Waals surface area contributed by atoms with Crippen LogP contribution in [-0.4, -0.2) is 46.4 Å². The van der Waals surface area contributed by atoms with Crippen LogP contribution in [0.5, 0.6) is 17.2 Å². The molecule has 0 unspecified atom stereocenters. The van der Waals surface area contributed by atoms with Crippen LogP contribution in [0.2, 0.25) is 10.0 Å². The molecular formula is C125H139Cl2F12NO3. The summed E-state index contributed by atoms with van der Waals surface area (Å²) in [6, 6.07) is 68.6. The van der Waals surface area contributed by atoms with E-state index in [2.05, 4.69) is 4.90 Å². The van der Waals surface area contributed by atoms with Gasteiger partial charge in [0, 0.05) is 28.8 Å². The number of hydrogen-bond acceptors (Lipinski definition) is 4. The highest BCUT2D eigenvalue weighted by molar-refractivity contribution is 6.33. The van der Waals surface area contributed by atoms with Crippen LogP contribution in [0.1, 0.15) is 223 Å². The number of methoxy groups -OCH3 is 2. The van der Waals surface area contributed by atoms with Gasteiger partial charge in [-0.25, -0.2) is 52.7 Å². The molecule has 0 amide bonds. The first-order valence-corrected chi connectivity index (χ1v) is 48.4. The van der Waals surface area contributed by atoms with E-state index in [0.29, 0.717) is 90.1 Å². The van der Waals surface area contributed by atoms with Gasteiger partial charge in [0.15, 0.2) is 11.6 Å². The maximum atomic E-state index is 14.5. The lowest BCUT2D eigenvalue weighted by atomic mass is 9.83. The van der Waals surface area contributed by atoms with Crippen molar-refractivity contribution in [2.24, 2.45) is 0 Å². The number of para-hydroxylation sites is 1. The second kappa shape index (κ2) is 48.3. The largest absolute Gasteiger partial charge is 0.497 e. The number of nitrogens with zero attached hydrogens (tertiary/aromatic N) is 1. The molecule has 0 spiro atoms. The lowest BCUT2D eigenvalue weighted by Crippen LogP contribution is -2.19. The van der Waals surface area contributed by atoms with Crippen molar-refractivity contribution in [2.75, 3.05) is 41.5 Å². The minimum atomic E-state index is -0.904. The Hall–Kier alpha value is -11.8. The summed E-state index contributed by atoms with van der Waals surface area (Å²) in [6.07, 6.45) is 0. The molecule has 14 aromatic carbocycles. The van der Waals surface area contributed by atoms with Crippen LogP contribution >= 0.6 is 23.2 Å². The summed E-state index contributed by atoms with van der Waals surface area (Å²) in [5.74, 6) is -1.78. The number of halogens is 14. The number of likely N-dealkylation sites (N-methyl/N-ethyl adjacent to an activating group) is 1. The number of aryl methyl sites for hydroxylation is 7. The smallest absolute Gasteiger partial charge is 0.166 e. The van der Waals surface area contributed by atoms with Gasteiger partial charge in [-0.3, -0.25) is 0 Å². The van der Waals surface area contributed by atoms with Gasteiger partial charge in [0.1, 0.15) is 82.0 Å². The fourth-order valence-electron chi connectivity index (χ4n) is 15.9. The fraction of sp³-hybridized carbons (Fsp3) is 0.328. The molecule has 0 aliphatic heterocycles. The van der Waals surface area contributed by atoms with E-state index in [0.717, 1.165) is 96.6 Å². The number of benzene rings is 14. The first-order valence-electron chi connectivity index (χ1n) is 47.7. The van der Waals surface area contributed by atoms with Crippen molar-refractivity contribution in [1.82, 2.24) is 4.90 Å². The molecule has 0 aliphatic rings. The Kier molecular flexibility index (Phi) is 39.3. The van der Waals surface area contributed by atoms with Gasteiger partial charge < -0.3 is 19.1 Å². The lowest BCUT2D eigenvalue weighted by Gasteiger charge is -2.22. The van der Waals surface area contributed by atoms with Crippen molar-refractivity contribution in [2.45, 2.75) is 232 Å². The average Bonchev–Trinajstić information content (AvgIpc) is 0.833. The molecule has 14 rings (SSSR count). The van der Waals surface area contributed by atoms with E-state index < -0.39 is 28.7 Å². The van der Waals surface area contributed by atoms with Gasteiger partial charge in [0.25, 0.3) is 0 Å². The van der Waals surface area contributed by atoms with Crippen molar-refractivity contribution in [3.05, 3.63) is 394 Å². The van der Waals surface area contributed by atoms with E-state index in [1.165, 1.54) is 36.4 Å². The normalized spacial score (nSPS) is 11.7. The molecule has 143 heavy (non-hydrogen) atoms. The predicted molar refractivity (Wildman–Crippen MR) is 574 cm³/mol. The minimum Gasteiger partial charge on any atom is -0.497 e. The summed E-state index contributed by atoms with van der Waals surface area (Å²) in [4.78, 5) is 2.09. The molecule has 0 bridgehead atoms. The van der Waals surface area contributed by atoms with Crippen molar-refractivity contribution in [3.63, 3.8) is 0 Å². The van der Waals surface area contributed by atoms with Crippen molar-refractivity contribution >= 4 is 23.2 Å². The zero-order valence-electron chi connectivity index (χ0n) is 88.9. The molecule has 0 saturated heterocycles. The zero-order valence-corrected chi connectivity index (χ0v) is 90.4. The second-order valence-corrected chi connectivity index (χ2v) is 44.5. The SMILES string of the molecule is COc1cccc(-c2cc(C)c(F)c(C(C)(C)C)c2)c1.COc1ccccc1-c1cc(C)c(F)c(C(C)(C)C)c1.Cc1cc(-c2ccc(F)cc2)cc(C(C)(C)C)c1F.Cc1cc(-c2cccc(Cl)c2F)cc(C(C)(C)C)c1F.Cc1cc(-c2cccc(F)c2Cl)cc(C(C)(C)C)c1F.Cc1cc(-c2cccc(F)c2F)cc(C(C)(C)C)c1F.Cc1cc(-c2cccc(OCCN(C)C)c2)cc(C(C)(C)C)c1F. The summed E-state index contributed by atoms with van der Waals surface area (Å²) >= 11 is 11.8. The van der Waals surface area contributed by atoms with Crippen LogP contribution in [0.25, 0.3) is 77.9 Å². The van der Waals surface area contributed by atoms with E-state index in [9.17, 15) is 52.7 Å². The van der Waals surface area contributed by atoms with Crippen molar-refractivity contribution in [3.8, 4) is 95.1 Å². The van der Waals surface area contributed by atoms with Crippen LogP contribution in [0.3, 0.4) is 0 Å². The molecule has 4 nitrogen and oxygen atoms in total. The molecule has 14 aromatic rings. The average molecular weight is 2000 g/mol. The highest BCUT2D eigenvalue weighted by Crippen LogP contribution is 2.44. The molecule has 0 fully saturated rings. The van der Waals surface area contributed by atoms with Gasteiger partial charge in [0.2, 0.25) is 0 Å². The van der Waals surface area contributed by atoms with E-state index in [4.69, 9.17) is 37.4 Å². The Morgan fingerprint density at radius 2 is 0.524 bits per heavy atom. The molecule has 0 radical (unpaired) electrons. The fourth-order valence-corrected chi connectivity index (χ4v) is 16.4. The molecule has 0 N–H and O–H groups in total. The van der Waals surface area contributed by atoms with Gasteiger partial charge in [-0.1, -0.05) is 260 Å². The first kappa shape index (κ1) is 116. The third-order valence-electron chi connectivity index (χ3n) is 24.2. The highest BCUT2D eigenvalue weighted by Gasteiger charge is 2.30. The van der Waals surface area contributed by atoms with Crippen LogP contribution < -0.4 is 14.2 Å². The van der Waals surface area contributed by atoms with Crippen LogP contribution in [0.15, 0.2) is 237 Å². The second-order valence-electron chi connectivity index (χ2n) is 43.8. The molecule has 0 atom stereocenters. The van der Waals surface area contributed by atoms with Crippen LogP contribution in [0, 0.1) is 118 Å². The molecule has 0 heterocycles. The quantitative estimate of drug-likeness (QED) is 0.108. The first-order chi connectivity index (χ1) is 66.3. The highest BCUT2D eigenvalue weighted by atomic mass is 35.5. The van der Waals surface area contributed by atoms with E-state index in [1.807, 2.05) is 296 Å². The summed E-state index contributed by atoms with van der Waals surface area (Å²) in [5, 5.41) is 0.139. The maximum Gasteiger partial charge on any atom is 0.166 e. The molecule has 0 aromatic heterocycles. The molecule has 0 saturated carbocycles. The van der Waals surface area contributed by atoms with Crippen LogP contribution in [-0.2, 0) is 37.9 Å². The summed E-state index contributed by atoms with van der Waals surface area (Å²) in [6.45, 7) is 55.3. The van der Waals surface area contributed by atoms with Gasteiger partial charge in [-0.05, 0) is 380 Å². The third kappa shape index (κ3) is 30.9. The van der Waals surface area contributed by atoms with Crippen LogP contribution in [0.4, 0.5) is 52.7 Å². The summed E-state index contributed by atoms with van der Waals surface area (Å²) in [5.41, 5.74) is 17.6. The van der Waals surface area contributed by atoms with E-state index in [-0.39, 0.29) is 94.6 Å². The lowest BCUT2D eigenvalue weighted by molar-refractivity contribution is 0.261. The minimum absolute atomic E-state index is 0.0679. The maximum absolute atomic E-state index is 14.5. The van der Waals surface area contributed by atoms with Gasteiger partial charge in [-0.2, -0.15) is 0 Å². The Morgan fingerprint density at radius 3 is 0.874 bits per heavy atom. The van der Waals surface area contributed by atoms with Gasteiger partial charge >= 0.3 is 0 Å². The number of ether oxygens (including phenoxy) is 3. The Balaban J connectivity index is 0.000000204. The van der Waals surface area contributed by atoms with E-state index >= 15 is 0 Å². The van der Waals surface area contributed by atoms with Crippen molar-refractivity contribution < 1.29 is 66.9 Å². The Bertz CT molecular complexity index is 6510. The van der Waals surface area contributed by atoms with Crippen molar-refractivity contribution in [1.29, 1.82) is 0 Å². The zero-order chi connectivity index (χ0) is 107. The molecule has 0 aliphatic carbocycles. The third-order valence-corrected chi connectivity index (χ3v) is 24.9. The number of rotatable bonds is 13. The van der Waals surface area contributed by atoms with Gasteiger partial charge in [-0.15, -0.1) is 0 Å². The Labute approximate surface area is 852 Å².